The summed E-state index contributed by atoms with van der Waals surface area (Å²) in [4.78, 5) is 23.0. The summed E-state index contributed by atoms with van der Waals surface area (Å²) in [6, 6.07) is 9.18. The predicted molar refractivity (Wildman–Crippen MR) is 140 cm³/mol. The monoisotopic (exact) mass is 536 g/mol. The topological polar surface area (TPSA) is 109 Å². The molecule has 0 bridgehead atoms. The van der Waals surface area contributed by atoms with Gasteiger partial charge in [0.25, 0.3) is 0 Å². The first-order valence-electron chi connectivity index (χ1n) is 11.8. The second-order valence-corrected chi connectivity index (χ2v) is 9.79. The molecule has 11 heteroatoms. The van der Waals surface area contributed by atoms with E-state index in [1.807, 2.05) is 33.6 Å². The van der Waals surface area contributed by atoms with Gasteiger partial charge in [-0.25, -0.2) is 4.98 Å². The van der Waals surface area contributed by atoms with Crippen molar-refractivity contribution < 1.29 is 15.0 Å². The van der Waals surface area contributed by atoms with E-state index in [1.165, 1.54) is 0 Å². The van der Waals surface area contributed by atoms with Crippen LogP contribution in [0.3, 0.4) is 0 Å². The Bertz CT molecular complexity index is 1640. The zero-order valence-corrected chi connectivity index (χ0v) is 21.1. The van der Waals surface area contributed by atoms with Crippen LogP contribution in [0.15, 0.2) is 55.1 Å². The molecular formula is C26H22Cl2N6O3. The zero-order valence-electron chi connectivity index (χ0n) is 19.6. The standard InChI is InChI=1S/C26H22Cl2N6O3/c27-19-2-1-3-20(28)24(19)25-22(13-35)33-7-5-21-18(26(33)31-25)8-15(9-29-21)16-10-30-34(11-16)17-4-6-32(12-17)23(37)14-36/h1-3,5,7-11,17,35-36H,4,6,12-14H2/t17-/m0/s1. The van der Waals surface area contributed by atoms with Gasteiger partial charge in [0.2, 0.25) is 5.91 Å². The van der Waals surface area contributed by atoms with Gasteiger partial charge in [0.15, 0.2) is 0 Å². The van der Waals surface area contributed by atoms with Crippen LogP contribution >= 0.6 is 23.2 Å². The molecule has 0 radical (unpaired) electrons. The van der Waals surface area contributed by atoms with Crippen LogP contribution in [0.2, 0.25) is 10.0 Å². The Morgan fingerprint density at radius 3 is 2.68 bits per heavy atom. The van der Waals surface area contributed by atoms with Crippen LogP contribution in [0.4, 0.5) is 0 Å². The van der Waals surface area contributed by atoms with Crippen molar-refractivity contribution in [3.63, 3.8) is 0 Å². The largest absolute Gasteiger partial charge is 0.390 e. The SMILES string of the molecule is O=C(CO)N1CC[C@H](n2cc(-c3cnc4ccn5c(CO)c(-c6c(Cl)cccc6Cl)nc5c4c3)cn2)C1. The van der Waals surface area contributed by atoms with Crippen molar-refractivity contribution in [3.05, 3.63) is 70.9 Å². The lowest BCUT2D eigenvalue weighted by Crippen LogP contribution is -2.31. The van der Waals surface area contributed by atoms with Crippen LogP contribution in [0.1, 0.15) is 18.2 Å². The molecule has 1 amide bonds. The van der Waals surface area contributed by atoms with Gasteiger partial charge in [-0.3, -0.25) is 14.5 Å². The molecule has 4 aromatic heterocycles. The third-order valence-corrected chi connectivity index (χ3v) is 7.49. The first-order chi connectivity index (χ1) is 18.0. The van der Waals surface area contributed by atoms with E-state index in [-0.39, 0.29) is 18.6 Å². The number of hydrogen-bond acceptors (Lipinski definition) is 6. The zero-order chi connectivity index (χ0) is 25.7. The highest BCUT2D eigenvalue weighted by atomic mass is 35.5. The molecule has 37 heavy (non-hydrogen) atoms. The molecule has 0 spiro atoms. The van der Waals surface area contributed by atoms with Crippen LogP contribution in [0, 0.1) is 0 Å². The Hall–Kier alpha value is -3.50. The van der Waals surface area contributed by atoms with Crippen molar-refractivity contribution >= 4 is 45.7 Å². The molecular weight excluding hydrogens is 515 g/mol. The van der Waals surface area contributed by atoms with Gasteiger partial charge in [-0.1, -0.05) is 29.3 Å². The number of nitrogens with zero attached hydrogens (tertiary/aromatic N) is 6. The van der Waals surface area contributed by atoms with E-state index in [0.29, 0.717) is 45.7 Å². The van der Waals surface area contributed by atoms with E-state index in [2.05, 4.69) is 10.1 Å². The summed E-state index contributed by atoms with van der Waals surface area (Å²) in [6.45, 7) is 0.382. The van der Waals surface area contributed by atoms with Crippen LogP contribution in [0.25, 0.3) is 38.9 Å². The van der Waals surface area contributed by atoms with Crippen LogP contribution in [0.5, 0.6) is 0 Å². The van der Waals surface area contributed by atoms with Gasteiger partial charge in [-0.15, -0.1) is 0 Å². The number of pyridine rings is 2. The van der Waals surface area contributed by atoms with E-state index in [9.17, 15) is 9.90 Å². The Labute approximate surface area is 221 Å². The van der Waals surface area contributed by atoms with Crippen LogP contribution in [-0.4, -0.2) is 64.9 Å². The van der Waals surface area contributed by atoms with E-state index in [4.69, 9.17) is 33.3 Å². The highest BCUT2D eigenvalue weighted by Crippen LogP contribution is 2.38. The number of aromatic nitrogens is 5. The van der Waals surface area contributed by atoms with Gasteiger partial charge < -0.3 is 19.5 Å². The second-order valence-electron chi connectivity index (χ2n) is 8.98. The number of hydrogen-bond donors (Lipinski definition) is 2. The van der Waals surface area contributed by atoms with Gasteiger partial charge in [-0.05, 0) is 30.7 Å². The number of halogens is 2. The number of aliphatic hydroxyl groups excluding tert-OH is 2. The number of rotatable bonds is 5. The third kappa shape index (κ3) is 4.04. The molecule has 1 aromatic carbocycles. The van der Waals surface area contributed by atoms with E-state index >= 15 is 0 Å². The fourth-order valence-corrected chi connectivity index (χ4v) is 5.53. The van der Waals surface area contributed by atoms with Gasteiger partial charge >= 0.3 is 0 Å². The number of carbonyl (C=O) groups excluding carboxylic acids is 1. The molecule has 0 aliphatic carbocycles. The highest BCUT2D eigenvalue weighted by Gasteiger charge is 2.27. The lowest BCUT2D eigenvalue weighted by Gasteiger charge is -2.15. The lowest BCUT2D eigenvalue weighted by molar-refractivity contribution is -0.133. The maximum absolute atomic E-state index is 11.8. The van der Waals surface area contributed by atoms with Gasteiger partial charge in [0.05, 0.1) is 45.8 Å². The number of fused-ring (bicyclic) bond motifs is 3. The normalized spacial score (nSPS) is 15.8. The lowest BCUT2D eigenvalue weighted by atomic mass is 10.1. The summed E-state index contributed by atoms with van der Waals surface area (Å²) in [5.74, 6) is -0.267. The second kappa shape index (κ2) is 9.42. The van der Waals surface area contributed by atoms with Gasteiger partial charge in [0.1, 0.15) is 12.3 Å². The van der Waals surface area contributed by atoms with Crippen molar-refractivity contribution in [2.75, 3.05) is 19.7 Å². The van der Waals surface area contributed by atoms with E-state index < -0.39 is 6.61 Å². The molecule has 6 rings (SSSR count). The highest BCUT2D eigenvalue weighted by molar-refractivity contribution is 6.39. The molecule has 1 fully saturated rings. The summed E-state index contributed by atoms with van der Waals surface area (Å²) >= 11 is 12.9. The summed E-state index contributed by atoms with van der Waals surface area (Å²) < 4.78 is 3.69. The van der Waals surface area contributed by atoms with Crippen molar-refractivity contribution in [1.82, 2.24) is 29.0 Å². The smallest absolute Gasteiger partial charge is 0.248 e. The molecule has 0 saturated carbocycles. The van der Waals surface area contributed by atoms with E-state index in [0.717, 1.165) is 28.5 Å². The molecule has 0 unspecified atom stereocenters. The first-order valence-corrected chi connectivity index (χ1v) is 12.5. The van der Waals surface area contributed by atoms with E-state index in [1.54, 1.807) is 35.5 Å². The van der Waals surface area contributed by atoms with Crippen molar-refractivity contribution in [1.29, 1.82) is 0 Å². The number of imidazole rings is 1. The fraction of sp³-hybridized carbons (Fsp3) is 0.231. The minimum absolute atomic E-state index is 0.0479. The molecule has 1 aliphatic heterocycles. The van der Waals surface area contributed by atoms with Crippen LogP contribution < -0.4 is 0 Å². The van der Waals surface area contributed by atoms with Gasteiger partial charge in [0, 0.05) is 53.8 Å². The predicted octanol–water partition coefficient (Wildman–Crippen LogP) is 3.98. The number of benzene rings is 1. The Morgan fingerprint density at radius 1 is 1.11 bits per heavy atom. The maximum atomic E-state index is 11.8. The van der Waals surface area contributed by atoms with Crippen molar-refractivity contribution in [2.24, 2.45) is 0 Å². The van der Waals surface area contributed by atoms with Crippen LogP contribution in [-0.2, 0) is 11.4 Å². The molecule has 1 aliphatic rings. The molecule has 188 valence electrons. The number of carbonyl (C=O) groups is 1. The minimum atomic E-state index is -0.482. The average molecular weight is 537 g/mol. The Balaban J connectivity index is 1.42. The molecule has 9 nitrogen and oxygen atoms in total. The minimum Gasteiger partial charge on any atom is -0.390 e. The molecule has 5 heterocycles. The fourth-order valence-electron chi connectivity index (χ4n) is 4.95. The number of likely N-dealkylation sites (tertiary alicyclic amines) is 1. The van der Waals surface area contributed by atoms with Gasteiger partial charge in [-0.2, -0.15) is 5.10 Å². The summed E-state index contributed by atoms with van der Waals surface area (Å²) in [5, 5.41) is 25.6. The Morgan fingerprint density at radius 2 is 1.92 bits per heavy atom. The molecule has 2 N–H and O–H groups in total. The average Bonchev–Trinajstić information content (AvgIpc) is 3.66. The van der Waals surface area contributed by atoms with Crippen molar-refractivity contribution in [2.45, 2.75) is 19.1 Å². The first kappa shape index (κ1) is 23.9. The molecule has 1 atom stereocenters. The molecule has 1 saturated heterocycles. The maximum Gasteiger partial charge on any atom is 0.248 e. The quantitative estimate of drug-likeness (QED) is 0.351. The molecule has 5 aromatic rings. The summed E-state index contributed by atoms with van der Waals surface area (Å²) in [7, 11) is 0. The Kier molecular flexibility index (Phi) is 6.08. The van der Waals surface area contributed by atoms with Crippen molar-refractivity contribution in [3.8, 4) is 22.4 Å². The number of aliphatic hydroxyl groups is 2. The summed E-state index contributed by atoms with van der Waals surface area (Å²) in [5.41, 5.74) is 4.79. The summed E-state index contributed by atoms with van der Waals surface area (Å²) in [6.07, 6.45) is 8.11. The number of amides is 1. The third-order valence-electron chi connectivity index (χ3n) is 6.86.